The van der Waals surface area contributed by atoms with E-state index in [1.807, 2.05) is 18.2 Å². The van der Waals surface area contributed by atoms with Gasteiger partial charge in [0.1, 0.15) is 11.3 Å². The molecule has 0 amide bonds. The van der Waals surface area contributed by atoms with E-state index in [-0.39, 0.29) is 0 Å². The summed E-state index contributed by atoms with van der Waals surface area (Å²) in [4.78, 5) is 15.6. The Balaban J connectivity index is 2.12. The quantitative estimate of drug-likeness (QED) is 0.784. The monoisotopic (exact) mass is 363 g/mol. The maximum absolute atomic E-state index is 12.4. The molecule has 0 aliphatic carbocycles. The fourth-order valence-electron chi connectivity index (χ4n) is 2.32. The Morgan fingerprint density at radius 3 is 2.68 bits per heavy atom. The molecule has 0 saturated heterocycles. The van der Waals surface area contributed by atoms with Crippen molar-refractivity contribution in [2.75, 3.05) is 0 Å². The SMILES string of the molecule is CC1(C)OC(=O)c2c(Cn3nccn3)ccc(/C=C\Br)c2O1. The van der Waals surface area contributed by atoms with Crippen molar-refractivity contribution < 1.29 is 14.3 Å². The van der Waals surface area contributed by atoms with E-state index in [0.29, 0.717) is 17.9 Å². The van der Waals surface area contributed by atoms with Crippen LogP contribution < -0.4 is 4.74 Å². The highest BCUT2D eigenvalue weighted by molar-refractivity contribution is 9.11. The van der Waals surface area contributed by atoms with Crippen LogP contribution in [-0.2, 0) is 11.3 Å². The van der Waals surface area contributed by atoms with Gasteiger partial charge in [0.2, 0.25) is 5.79 Å². The second kappa shape index (κ2) is 5.57. The topological polar surface area (TPSA) is 66.2 Å². The molecule has 6 nitrogen and oxygen atoms in total. The van der Waals surface area contributed by atoms with Crippen molar-refractivity contribution in [1.82, 2.24) is 15.0 Å². The smallest absolute Gasteiger partial charge is 0.345 e. The van der Waals surface area contributed by atoms with Gasteiger partial charge in [0.25, 0.3) is 0 Å². The summed E-state index contributed by atoms with van der Waals surface area (Å²) in [6.45, 7) is 3.78. The molecule has 22 heavy (non-hydrogen) atoms. The number of halogens is 1. The third-order valence-corrected chi connectivity index (χ3v) is 3.45. The maximum atomic E-state index is 12.4. The standard InChI is InChI=1S/C15H14BrN3O3/c1-15(2)21-13-10(5-6-16)3-4-11(12(13)14(20)22-15)9-19-17-7-8-18-19/h3-8H,9H2,1-2H3/b6-5-. The zero-order valence-electron chi connectivity index (χ0n) is 12.1. The summed E-state index contributed by atoms with van der Waals surface area (Å²) in [5.74, 6) is -0.887. The maximum Gasteiger partial charge on any atom is 0.345 e. The lowest BCUT2D eigenvalue weighted by molar-refractivity contribution is -0.127. The van der Waals surface area contributed by atoms with E-state index >= 15 is 0 Å². The van der Waals surface area contributed by atoms with Gasteiger partial charge < -0.3 is 9.47 Å². The van der Waals surface area contributed by atoms with Gasteiger partial charge in [-0.2, -0.15) is 15.0 Å². The Morgan fingerprint density at radius 2 is 2.00 bits per heavy atom. The van der Waals surface area contributed by atoms with E-state index in [1.54, 1.807) is 31.2 Å². The molecule has 0 radical (unpaired) electrons. The largest absolute Gasteiger partial charge is 0.451 e. The fraction of sp³-hybridized carbons (Fsp3) is 0.267. The van der Waals surface area contributed by atoms with Gasteiger partial charge in [-0.1, -0.05) is 28.1 Å². The van der Waals surface area contributed by atoms with Gasteiger partial charge >= 0.3 is 5.97 Å². The Morgan fingerprint density at radius 1 is 1.27 bits per heavy atom. The summed E-state index contributed by atoms with van der Waals surface area (Å²) in [7, 11) is 0. The molecule has 0 N–H and O–H groups in total. The second-order valence-corrected chi connectivity index (χ2v) is 5.79. The molecule has 0 unspecified atom stereocenters. The summed E-state index contributed by atoms with van der Waals surface area (Å²) in [6.07, 6.45) is 5.00. The highest BCUT2D eigenvalue weighted by Gasteiger charge is 2.36. The number of benzene rings is 1. The van der Waals surface area contributed by atoms with Crippen molar-refractivity contribution in [2.24, 2.45) is 0 Å². The number of ether oxygens (including phenoxy) is 2. The van der Waals surface area contributed by atoms with Crippen molar-refractivity contribution in [3.63, 3.8) is 0 Å². The molecule has 1 aromatic heterocycles. The van der Waals surface area contributed by atoms with Gasteiger partial charge in [-0.25, -0.2) is 4.79 Å². The summed E-state index contributed by atoms with van der Waals surface area (Å²) in [6, 6.07) is 3.75. The zero-order chi connectivity index (χ0) is 15.7. The van der Waals surface area contributed by atoms with Crippen LogP contribution >= 0.6 is 15.9 Å². The third-order valence-electron chi connectivity index (χ3n) is 3.19. The number of carbonyl (C=O) groups excluding carboxylic acids is 1. The number of hydrogen-bond donors (Lipinski definition) is 0. The third kappa shape index (κ3) is 2.76. The van der Waals surface area contributed by atoms with Gasteiger partial charge in [0, 0.05) is 19.4 Å². The van der Waals surface area contributed by atoms with Gasteiger partial charge in [-0.15, -0.1) is 0 Å². The molecule has 1 aliphatic heterocycles. The summed E-state index contributed by atoms with van der Waals surface area (Å²) >= 11 is 3.25. The number of fused-ring (bicyclic) bond motifs is 1. The fourth-order valence-corrected chi connectivity index (χ4v) is 2.61. The number of esters is 1. The highest BCUT2D eigenvalue weighted by Crippen LogP contribution is 2.37. The molecule has 114 valence electrons. The van der Waals surface area contributed by atoms with Crippen LogP contribution in [0.15, 0.2) is 29.5 Å². The number of nitrogens with zero attached hydrogens (tertiary/aromatic N) is 3. The Kier molecular flexibility index (Phi) is 3.74. The molecular weight excluding hydrogens is 350 g/mol. The minimum atomic E-state index is -0.998. The van der Waals surface area contributed by atoms with E-state index < -0.39 is 11.8 Å². The van der Waals surface area contributed by atoms with Crippen LogP contribution in [0.3, 0.4) is 0 Å². The lowest BCUT2D eigenvalue weighted by Gasteiger charge is -2.33. The summed E-state index contributed by atoms with van der Waals surface area (Å²) in [5, 5.41) is 8.13. The van der Waals surface area contributed by atoms with Crippen molar-refractivity contribution in [3.8, 4) is 5.75 Å². The van der Waals surface area contributed by atoms with Crippen LogP contribution in [0.2, 0.25) is 0 Å². The first-order valence-electron chi connectivity index (χ1n) is 6.69. The molecule has 0 saturated carbocycles. The first-order valence-corrected chi connectivity index (χ1v) is 7.61. The molecule has 1 aromatic carbocycles. The minimum Gasteiger partial charge on any atom is -0.451 e. The number of cyclic esters (lactones) is 1. The van der Waals surface area contributed by atoms with Crippen molar-refractivity contribution in [2.45, 2.75) is 26.2 Å². The van der Waals surface area contributed by atoms with Gasteiger partial charge in [-0.3, -0.25) is 0 Å². The summed E-state index contributed by atoms with van der Waals surface area (Å²) in [5.41, 5.74) is 1.96. The number of rotatable bonds is 3. The van der Waals surface area contributed by atoms with Gasteiger partial charge in [0.05, 0.1) is 18.9 Å². The Bertz CT molecular complexity index is 739. The number of aromatic nitrogens is 3. The van der Waals surface area contributed by atoms with Crippen LogP contribution in [0.1, 0.15) is 35.3 Å². The average molecular weight is 364 g/mol. The molecule has 0 atom stereocenters. The molecule has 2 heterocycles. The van der Waals surface area contributed by atoms with E-state index in [4.69, 9.17) is 9.47 Å². The highest BCUT2D eigenvalue weighted by atomic mass is 79.9. The molecule has 2 aromatic rings. The first kappa shape index (κ1) is 14.8. The van der Waals surface area contributed by atoms with Crippen LogP contribution in [0.25, 0.3) is 6.08 Å². The Labute approximate surface area is 135 Å². The van der Waals surface area contributed by atoms with E-state index in [9.17, 15) is 4.79 Å². The predicted octanol–water partition coefficient (Wildman–Crippen LogP) is 2.98. The van der Waals surface area contributed by atoms with E-state index in [0.717, 1.165) is 11.1 Å². The predicted molar refractivity (Wildman–Crippen MR) is 83.6 cm³/mol. The summed E-state index contributed by atoms with van der Waals surface area (Å²) < 4.78 is 11.2. The molecular formula is C15H14BrN3O3. The normalized spacial score (nSPS) is 16.2. The van der Waals surface area contributed by atoms with E-state index in [2.05, 4.69) is 26.1 Å². The number of carbonyl (C=O) groups is 1. The van der Waals surface area contributed by atoms with Crippen molar-refractivity contribution >= 4 is 28.0 Å². The first-order chi connectivity index (χ1) is 10.5. The Hall–Kier alpha value is -2.15. The average Bonchev–Trinajstić information content (AvgIpc) is 2.93. The molecule has 3 rings (SSSR count). The second-order valence-electron chi connectivity index (χ2n) is 5.26. The van der Waals surface area contributed by atoms with Crippen LogP contribution in [-0.4, -0.2) is 26.8 Å². The molecule has 1 aliphatic rings. The lowest BCUT2D eigenvalue weighted by atomic mass is 10.0. The minimum absolute atomic E-state index is 0.368. The van der Waals surface area contributed by atoms with E-state index in [1.165, 1.54) is 4.80 Å². The molecule has 0 bridgehead atoms. The molecule has 7 heteroatoms. The lowest BCUT2D eigenvalue weighted by Crippen LogP contribution is -2.39. The van der Waals surface area contributed by atoms with Gasteiger partial charge in [0.15, 0.2) is 0 Å². The van der Waals surface area contributed by atoms with Crippen LogP contribution in [0.5, 0.6) is 5.75 Å². The molecule has 0 fully saturated rings. The van der Waals surface area contributed by atoms with Crippen molar-refractivity contribution in [3.05, 3.63) is 46.2 Å². The zero-order valence-corrected chi connectivity index (χ0v) is 13.7. The van der Waals surface area contributed by atoms with Crippen LogP contribution in [0.4, 0.5) is 0 Å². The van der Waals surface area contributed by atoms with Crippen LogP contribution in [0, 0.1) is 0 Å². The number of hydrogen-bond acceptors (Lipinski definition) is 5. The van der Waals surface area contributed by atoms with Crippen molar-refractivity contribution in [1.29, 1.82) is 0 Å². The van der Waals surface area contributed by atoms with Gasteiger partial charge in [-0.05, 0) is 16.6 Å². The molecule has 0 spiro atoms.